The number of nitrogens with two attached hydrogens (primary N) is 1. The first-order valence-electron chi connectivity index (χ1n) is 6.37. The van der Waals surface area contributed by atoms with E-state index in [0.717, 1.165) is 30.2 Å². The van der Waals surface area contributed by atoms with E-state index in [0.29, 0.717) is 9.92 Å². The lowest BCUT2D eigenvalue weighted by atomic mass is 10.3. The molecule has 0 saturated heterocycles. The maximum Gasteiger partial charge on any atom is 0.241 e. The molecular formula is C13H12Cl2N2O5S3. The van der Waals surface area contributed by atoms with E-state index in [9.17, 15) is 21.9 Å². The van der Waals surface area contributed by atoms with Crippen molar-refractivity contribution >= 4 is 60.7 Å². The highest BCUT2D eigenvalue weighted by Crippen LogP contribution is 2.41. The first-order chi connectivity index (χ1) is 11.4. The molecule has 0 fully saturated rings. The van der Waals surface area contributed by atoms with E-state index in [1.54, 1.807) is 12.1 Å². The Hall–Kier alpha value is -1.17. The van der Waals surface area contributed by atoms with Crippen LogP contribution in [0, 0.1) is 0 Å². The summed E-state index contributed by atoms with van der Waals surface area (Å²) >= 11 is 12.9. The molecule has 0 radical (unpaired) electrons. The summed E-state index contributed by atoms with van der Waals surface area (Å²) in [6, 6.07) is 6.67. The summed E-state index contributed by atoms with van der Waals surface area (Å²) in [7, 11) is -7.90. The number of anilines is 1. The van der Waals surface area contributed by atoms with Crippen molar-refractivity contribution < 1.29 is 21.9 Å². The van der Waals surface area contributed by atoms with E-state index in [4.69, 9.17) is 28.3 Å². The minimum Gasteiger partial charge on any atom is -0.506 e. The van der Waals surface area contributed by atoms with Gasteiger partial charge in [0.2, 0.25) is 20.0 Å². The molecule has 0 aliphatic carbocycles. The van der Waals surface area contributed by atoms with Crippen molar-refractivity contribution in [1.29, 1.82) is 0 Å². The van der Waals surface area contributed by atoms with Gasteiger partial charge in [-0.05, 0) is 24.3 Å². The van der Waals surface area contributed by atoms with Crippen molar-refractivity contribution in [3.63, 3.8) is 0 Å². The van der Waals surface area contributed by atoms with Crippen LogP contribution in [0.3, 0.4) is 0 Å². The molecule has 12 heteroatoms. The fraction of sp³-hybridized carbons (Fsp3) is 0.0769. The summed E-state index contributed by atoms with van der Waals surface area (Å²) in [5.74, 6) is -0.680. The van der Waals surface area contributed by atoms with Gasteiger partial charge in [-0.3, -0.25) is 4.72 Å². The van der Waals surface area contributed by atoms with Crippen LogP contribution >= 0.6 is 35.0 Å². The molecular weight excluding hydrogens is 431 g/mol. The van der Waals surface area contributed by atoms with Crippen LogP contribution in [0.25, 0.3) is 0 Å². The summed E-state index contributed by atoms with van der Waals surface area (Å²) in [6.45, 7) is 0. The molecule has 0 aliphatic rings. The minimum absolute atomic E-state index is 0.0246. The number of halogens is 2. The van der Waals surface area contributed by atoms with Gasteiger partial charge in [0.25, 0.3) is 0 Å². The predicted octanol–water partition coefficient (Wildman–Crippen LogP) is 2.87. The van der Waals surface area contributed by atoms with Crippen molar-refractivity contribution in [2.75, 3.05) is 11.0 Å². The molecule has 4 N–H and O–H groups in total. The number of benzene rings is 2. The summed E-state index contributed by atoms with van der Waals surface area (Å²) in [5.41, 5.74) is -0.0246. The van der Waals surface area contributed by atoms with Crippen LogP contribution in [-0.4, -0.2) is 28.2 Å². The standard InChI is InChI=1S/C13H12Cl2N2O5S3/c1-24(19,20)17-9-5-10(18)13(25(16,21)22)6-12(9)23-11-3-2-7(14)4-8(11)15/h2-6,17-18H,1H3,(H2,16,21,22). The maximum absolute atomic E-state index is 11.6. The van der Waals surface area contributed by atoms with E-state index >= 15 is 0 Å². The molecule has 0 unspecified atom stereocenters. The van der Waals surface area contributed by atoms with Gasteiger partial charge in [-0.1, -0.05) is 35.0 Å². The van der Waals surface area contributed by atoms with E-state index in [1.807, 2.05) is 0 Å². The van der Waals surface area contributed by atoms with Gasteiger partial charge in [0, 0.05) is 20.9 Å². The largest absolute Gasteiger partial charge is 0.506 e. The lowest BCUT2D eigenvalue weighted by Crippen LogP contribution is -2.14. The Morgan fingerprint density at radius 1 is 1.08 bits per heavy atom. The molecule has 0 aromatic heterocycles. The Balaban J connectivity index is 2.63. The number of primary sulfonamides is 1. The SMILES string of the molecule is CS(=O)(=O)Nc1cc(O)c(S(N)(=O)=O)cc1Sc1ccc(Cl)cc1Cl. The average Bonchev–Trinajstić information content (AvgIpc) is 2.41. The molecule has 0 amide bonds. The van der Waals surface area contributed by atoms with Crippen LogP contribution in [0.1, 0.15) is 0 Å². The van der Waals surface area contributed by atoms with Crippen molar-refractivity contribution in [3.8, 4) is 5.75 Å². The minimum atomic E-state index is -4.22. The number of phenols is 1. The summed E-state index contributed by atoms with van der Waals surface area (Å²) in [5, 5.41) is 15.6. The highest BCUT2D eigenvalue weighted by Gasteiger charge is 2.20. The quantitative estimate of drug-likeness (QED) is 0.652. The third-order valence-corrected chi connectivity index (χ3v) is 6.10. The second-order valence-electron chi connectivity index (χ2n) is 4.91. The van der Waals surface area contributed by atoms with Gasteiger partial charge in [-0.15, -0.1) is 0 Å². The first-order valence-corrected chi connectivity index (χ1v) is 11.4. The number of nitrogens with one attached hydrogen (secondary N) is 1. The van der Waals surface area contributed by atoms with Gasteiger partial charge in [0.15, 0.2) is 0 Å². The molecule has 25 heavy (non-hydrogen) atoms. The molecule has 0 heterocycles. The zero-order valence-electron chi connectivity index (χ0n) is 12.5. The van der Waals surface area contributed by atoms with Gasteiger partial charge >= 0.3 is 0 Å². The molecule has 0 saturated carbocycles. The Kier molecular flexibility index (Phi) is 5.81. The smallest absolute Gasteiger partial charge is 0.241 e. The Bertz CT molecular complexity index is 1040. The molecule has 0 bridgehead atoms. The number of hydrogen-bond donors (Lipinski definition) is 3. The molecule has 2 rings (SSSR count). The zero-order chi connectivity index (χ0) is 19.0. The van der Waals surface area contributed by atoms with Gasteiger partial charge in [0.05, 0.1) is 17.0 Å². The van der Waals surface area contributed by atoms with E-state index in [-0.39, 0.29) is 15.6 Å². The second-order valence-corrected chi connectivity index (χ2v) is 10.1. The third kappa shape index (κ3) is 5.40. The lowest BCUT2D eigenvalue weighted by Gasteiger charge is -2.14. The van der Waals surface area contributed by atoms with Gasteiger partial charge in [-0.25, -0.2) is 22.0 Å². The average molecular weight is 443 g/mol. The van der Waals surface area contributed by atoms with Gasteiger partial charge in [0.1, 0.15) is 10.6 Å². The van der Waals surface area contributed by atoms with Crippen LogP contribution in [-0.2, 0) is 20.0 Å². The van der Waals surface area contributed by atoms with Crippen molar-refractivity contribution in [1.82, 2.24) is 0 Å². The van der Waals surface area contributed by atoms with Crippen molar-refractivity contribution in [2.45, 2.75) is 14.7 Å². The Morgan fingerprint density at radius 3 is 2.24 bits per heavy atom. The van der Waals surface area contributed by atoms with Crippen LogP contribution in [0.15, 0.2) is 45.0 Å². The Labute approximate surface area is 159 Å². The monoisotopic (exact) mass is 442 g/mol. The summed E-state index contributed by atoms with van der Waals surface area (Å²) < 4.78 is 48.4. The van der Waals surface area contributed by atoms with Crippen LogP contribution < -0.4 is 9.86 Å². The highest BCUT2D eigenvalue weighted by molar-refractivity contribution is 7.99. The highest BCUT2D eigenvalue weighted by atomic mass is 35.5. The van der Waals surface area contributed by atoms with Crippen molar-refractivity contribution in [2.24, 2.45) is 5.14 Å². The first kappa shape index (κ1) is 20.1. The van der Waals surface area contributed by atoms with Crippen LogP contribution in [0.2, 0.25) is 10.0 Å². The maximum atomic E-state index is 11.6. The fourth-order valence-corrected chi connectivity index (χ4v) is 4.61. The number of hydrogen-bond acceptors (Lipinski definition) is 6. The zero-order valence-corrected chi connectivity index (χ0v) is 16.5. The van der Waals surface area contributed by atoms with Crippen LogP contribution in [0.5, 0.6) is 5.75 Å². The molecule has 0 spiro atoms. The second kappa shape index (κ2) is 7.22. The molecule has 2 aromatic rings. The van der Waals surface area contributed by atoms with E-state index in [2.05, 4.69) is 4.72 Å². The van der Waals surface area contributed by atoms with Crippen LogP contribution in [0.4, 0.5) is 5.69 Å². The third-order valence-electron chi connectivity index (χ3n) is 2.78. The normalized spacial score (nSPS) is 12.2. The van der Waals surface area contributed by atoms with Crippen molar-refractivity contribution in [3.05, 3.63) is 40.4 Å². The van der Waals surface area contributed by atoms with E-state index < -0.39 is 30.7 Å². The number of phenolic OH excluding ortho intramolecular Hbond substituents is 1. The number of aromatic hydroxyl groups is 1. The molecule has 0 atom stereocenters. The Morgan fingerprint density at radius 2 is 1.72 bits per heavy atom. The molecule has 2 aromatic carbocycles. The fourth-order valence-electron chi connectivity index (χ4n) is 1.82. The summed E-state index contributed by atoms with van der Waals surface area (Å²) in [6.07, 6.45) is 0.918. The van der Waals surface area contributed by atoms with E-state index in [1.165, 1.54) is 6.07 Å². The number of sulfonamides is 2. The van der Waals surface area contributed by atoms with Gasteiger partial charge in [-0.2, -0.15) is 0 Å². The van der Waals surface area contributed by atoms with Gasteiger partial charge < -0.3 is 5.11 Å². The molecule has 0 aliphatic heterocycles. The number of rotatable bonds is 5. The molecule has 136 valence electrons. The summed E-state index contributed by atoms with van der Waals surface area (Å²) in [4.78, 5) is 0.129. The topological polar surface area (TPSA) is 127 Å². The molecule has 7 nitrogen and oxygen atoms in total. The lowest BCUT2D eigenvalue weighted by molar-refractivity contribution is 0.458. The predicted molar refractivity (Wildman–Crippen MR) is 98.5 cm³/mol.